The topological polar surface area (TPSA) is 66.6 Å². The van der Waals surface area contributed by atoms with Crippen LogP contribution >= 0.6 is 0 Å². The van der Waals surface area contributed by atoms with Crippen molar-refractivity contribution in [1.82, 2.24) is 10.1 Å². The first kappa shape index (κ1) is 14.7. The molecule has 22 heavy (non-hydrogen) atoms. The molecule has 1 aromatic carbocycles. The molecule has 2 heterocycles. The van der Waals surface area contributed by atoms with Gasteiger partial charge in [0.25, 0.3) is 5.91 Å². The van der Waals surface area contributed by atoms with Gasteiger partial charge in [0.2, 0.25) is 0 Å². The molecular formula is C16H17FN2O3. The van der Waals surface area contributed by atoms with E-state index in [0.29, 0.717) is 24.3 Å². The van der Waals surface area contributed by atoms with E-state index in [1.807, 2.05) is 0 Å². The van der Waals surface area contributed by atoms with Gasteiger partial charge in [0, 0.05) is 18.7 Å². The molecule has 116 valence electrons. The Morgan fingerprint density at radius 3 is 2.55 bits per heavy atom. The molecule has 1 aromatic heterocycles. The zero-order valence-electron chi connectivity index (χ0n) is 12.3. The number of benzene rings is 1. The highest BCUT2D eigenvalue weighted by Gasteiger charge is 2.30. The molecule has 1 aliphatic heterocycles. The number of aromatic nitrogens is 1. The summed E-state index contributed by atoms with van der Waals surface area (Å²) in [5.41, 5.74) is 1.19. The number of halogens is 1. The Morgan fingerprint density at radius 1 is 1.32 bits per heavy atom. The van der Waals surface area contributed by atoms with Gasteiger partial charge in [-0.3, -0.25) is 4.79 Å². The Balaban J connectivity index is 2.06. The second-order valence-corrected chi connectivity index (χ2v) is 5.45. The third-order valence-corrected chi connectivity index (χ3v) is 3.82. The summed E-state index contributed by atoms with van der Waals surface area (Å²) in [7, 11) is 0. The number of rotatable bonds is 3. The fraction of sp³-hybridized carbons (Fsp3) is 0.375. The molecule has 1 amide bonds. The summed E-state index contributed by atoms with van der Waals surface area (Å²) in [5.74, 6) is -0.416. The summed E-state index contributed by atoms with van der Waals surface area (Å²) < 4.78 is 18.3. The second-order valence-electron chi connectivity index (χ2n) is 5.45. The van der Waals surface area contributed by atoms with E-state index in [9.17, 15) is 14.3 Å². The highest BCUT2D eigenvalue weighted by molar-refractivity contribution is 6.01. The fourth-order valence-corrected chi connectivity index (χ4v) is 2.68. The summed E-state index contributed by atoms with van der Waals surface area (Å²) >= 11 is 0. The summed E-state index contributed by atoms with van der Waals surface area (Å²) in [6.45, 7) is 2.90. The number of hydrogen-bond donors (Lipinski definition) is 1. The van der Waals surface area contributed by atoms with E-state index in [-0.39, 0.29) is 23.0 Å². The molecule has 1 atom stereocenters. The molecule has 0 saturated carbocycles. The first-order valence-electron chi connectivity index (χ1n) is 7.31. The first-order chi connectivity index (χ1) is 10.6. The maximum atomic E-state index is 13.1. The van der Waals surface area contributed by atoms with Crippen LogP contribution in [-0.2, 0) is 0 Å². The maximum absolute atomic E-state index is 13.1. The minimum atomic E-state index is -0.941. The minimum Gasteiger partial charge on any atom is -0.385 e. The molecule has 0 spiro atoms. The Labute approximate surface area is 127 Å². The Hall–Kier alpha value is -2.21. The van der Waals surface area contributed by atoms with Crippen molar-refractivity contribution in [2.45, 2.75) is 25.9 Å². The van der Waals surface area contributed by atoms with Crippen molar-refractivity contribution in [3.8, 4) is 11.3 Å². The largest absolute Gasteiger partial charge is 0.385 e. The average Bonchev–Trinajstić information content (AvgIpc) is 3.17. The van der Waals surface area contributed by atoms with Crippen molar-refractivity contribution in [3.05, 3.63) is 41.4 Å². The first-order valence-corrected chi connectivity index (χ1v) is 7.31. The zero-order chi connectivity index (χ0) is 15.7. The van der Waals surface area contributed by atoms with Crippen LogP contribution in [-0.4, -0.2) is 34.2 Å². The van der Waals surface area contributed by atoms with E-state index in [2.05, 4.69) is 5.16 Å². The number of aliphatic hydroxyl groups is 1. The molecule has 1 fully saturated rings. The predicted molar refractivity (Wildman–Crippen MR) is 77.7 cm³/mol. The van der Waals surface area contributed by atoms with Gasteiger partial charge in [0.15, 0.2) is 5.76 Å². The van der Waals surface area contributed by atoms with E-state index in [1.54, 1.807) is 17.0 Å². The summed E-state index contributed by atoms with van der Waals surface area (Å²) in [6.07, 6.45) is 0.989. The van der Waals surface area contributed by atoms with Gasteiger partial charge in [-0.2, -0.15) is 0 Å². The van der Waals surface area contributed by atoms with Crippen LogP contribution in [0.3, 0.4) is 0 Å². The average molecular weight is 304 g/mol. The van der Waals surface area contributed by atoms with Gasteiger partial charge in [-0.15, -0.1) is 0 Å². The highest BCUT2D eigenvalue weighted by atomic mass is 19.1. The molecule has 1 unspecified atom stereocenters. The zero-order valence-corrected chi connectivity index (χ0v) is 12.3. The smallest absolute Gasteiger partial charge is 0.259 e. The van der Waals surface area contributed by atoms with Crippen LogP contribution in [0.2, 0.25) is 0 Å². The molecule has 0 radical (unpaired) electrons. The lowest BCUT2D eigenvalue weighted by atomic mass is 10.0. The van der Waals surface area contributed by atoms with Gasteiger partial charge in [-0.25, -0.2) is 4.39 Å². The van der Waals surface area contributed by atoms with Crippen LogP contribution in [0.5, 0.6) is 0 Å². The van der Waals surface area contributed by atoms with Crippen LogP contribution < -0.4 is 0 Å². The molecule has 0 aliphatic carbocycles. The van der Waals surface area contributed by atoms with Gasteiger partial charge in [0.1, 0.15) is 23.2 Å². The SMILES string of the molecule is CC(O)c1onc(-c2ccc(F)cc2)c1C(=O)N1CCCC1. The third-order valence-electron chi connectivity index (χ3n) is 3.82. The Bertz CT molecular complexity index is 673. The monoisotopic (exact) mass is 304 g/mol. The predicted octanol–water partition coefficient (Wildman–Crippen LogP) is 2.77. The van der Waals surface area contributed by atoms with Crippen LogP contribution in [0.1, 0.15) is 42.0 Å². The fourth-order valence-electron chi connectivity index (χ4n) is 2.68. The molecule has 1 N–H and O–H groups in total. The van der Waals surface area contributed by atoms with Gasteiger partial charge in [0.05, 0.1) is 0 Å². The van der Waals surface area contributed by atoms with Crippen molar-refractivity contribution >= 4 is 5.91 Å². The summed E-state index contributed by atoms with van der Waals surface area (Å²) in [4.78, 5) is 14.5. The molecule has 1 aliphatic rings. The lowest BCUT2D eigenvalue weighted by Gasteiger charge is -2.16. The van der Waals surface area contributed by atoms with Crippen molar-refractivity contribution in [2.24, 2.45) is 0 Å². The number of amides is 1. The molecule has 3 rings (SSSR count). The van der Waals surface area contributed by atoms with Crippen LogP contribution in [0.25, 0.3) is 11.3 Å². The van der Waals surface area contributed by atoms with Crippen molar-refractivity contribution < 1.29 is 18.8 Å². The van der Waals surface area contributed by atoms with Gasteiger partial charge < -0.3 is 14.5 Å². The number of nitrogens with zero attached hydrogens (tertiary/aromatic N) is 2. The lowest BCUT2D eigenvalue weighted by Crippen LogP contribution is -2.28. The van der Waals surface area contributed by atoms with Crippen LogP contribution in [0, 0.1) is 5.82 Å². The number of aliphatic hydroxyl groups excluding tert-OH is 1. The maximum Gasteiger partial charge on any atom is 0.259 e. The van der Waals surface area contributed by atoms with Crippen molar-refractivity contribution in [2.75, 3.05) is 13.1 Å². The summed E-state index contributed by atoms with van der Waals surface area (Å²) in [6, 6.07) is 5.69. The van der Waals surface area contributed by atoms with E-state index in [0.717, 1.165) is 12.8 Å². The second kappa shape index (κ2) is 5.88. The minimum absolute atomic E-state index is 0.149. The van der Waals surface area contributed by atoms with E-state index < -0.39 is 6.10 Å². The van der Waals surface area contributed by atoms with Crippen LogP contribution in [0.4, 0.5) is 4.39 Å². The van der Waals surface area contributed by atoms with E-state index in [1.165, 1.54) is 19.1 Å². The number of likely N-dealkylation sites (tertiary alicyclic amines) is 1. The quantitative estimate of drug-likeness (QED) is 0.947. The molecule has 2 aromatic rings. The standard InChI is InChI=1S/C16H17FN2O3/c1-10(20)15-13(16(21)19-8-2-3-9-19)14(18-22-15)11-4-6-12(17)7-5-11/h4-7,10,20H,2-3,8-9H2,1H3. The van der Waals surface area contributed by atoms with E-state index >= 15 is 0 Å². The van der Waals surface area contributed by atoms with Gasteiger partial charge in [-0.1, -0.05) is 5.16 Å². The van der Waals surface area contributed by atoms with Gasteiger partial charge >= 0.3 is 0 Å². The highest BCUT2D eigenvalue weighted by Crippen LogP contribution is 2.31. The molecular weight excluding hydrogens is 287 g/mol. The van der Waals surface area contributed by atoms with Gasteiger partial charge in [-0.05, 0) is 44.0 Å². The Morgan fingerprint density at radius 2 is 1.95 bits per heavy atom. The van der Waals surface area contributed by atoms with Crippen molar-refractivity contribution in [1.29, 1.82) is 0 Å². The summed E-state index contributed by atoms with van der Waals surface area (Å²) in [5, 5.41) is 13.8. The normalized spacial score (nSPS) is 16.0. The van der Waals surface area contributed by atoms with E-state index in [4.69, 9.17) is 4.52 Å². The van der Waals surface area contributed by atoms with Crippen LogP contribution in [0.15, 0.2) is 28.8 Å². The Kier molecular flexibility index (Phi) is 3.94. The number of carbonyl (C=O) groups excluding carboxylic acids is 1. The lowest BCUT2D eigenvalue weighted by molar-refractivity contribution is 0.0781. The van der Waals surface area contributed by atoms with Crippen molar-refractivity contribution in [3.63, 3.8) is 0 Å². The molecule has 1 saturated heterocycles. The molecule has 5 nitrogen and oxygen atoms in total. The number of hydrogen-bond acceptors (Lipinski definition) is 4. The molecule has 0 bridgehead atoms. The third kappa shape index (κ3) is 2.62. The molecule has 6 heteroatoms. The number of carbonyl (C=O) groups is 1.